The first-order valence-corrected chi connectivity index (χ1v) is 13.1. The molecule has 4 aliphatic rings. The Hall–Kier alpha value is -0.370. The lowest BCUT2D eigenvalue weighted by atomic mass is 9.69. The normalized spacial score (nSPS) is 42.1. The summed E-state index contributed by atoms with van der Waals surface area (Å²) < 4.78 is 41.2. The summed E-state index contributed by atoms with van der Waals surface area (Å²) in [6.45, 7) is 0.381. The molecule has 0 bridgehead atoms. The first-order chi connectivity index (χ1) is 15.2. The molecule has 0 radical (unpaired) electrons. The zero-order chi connectivity index (χ0) is 22.9. The third-order valence-corrected chi connectivity index (χ3v) is 9.39. The Morgan fingerprint density at radius 3 is 2.16 bits per heavy atom. The third kappa shape index (κ3) is 5.64. The zero-order valence-corrected chi connectivity index (χ0v) is 19.2. The SMILES string of the molecule is OC(O)C1CCC(CC2CC3CCCCC3N(CC3CCCCC3C(F)(F)F)C2O)CC1. The maximum absolute atomic E-state index is 13.7. The lowest BCUT2D eigenvalue weighted by Crippen LogP contribution is -2.58. The Morgan fingerprint density at radius 2 is 1.47 bits per heavy atom. The van der Waals surface area contributed by atoms with Gasteiger partial charge in [0.05, 0.1) is 5.92 Å². The van der Waals surface area contributed by atoms with E-state index < -0.39 is 30.5 Å². The number of nitrogens with zero attached hydrogens (tertiary/aromatic N) is 1. The number of piperidine rings is 1. The molecule has 7 heteroatoms. The van der Waals surface area contributed by atoms with Crippen LogP contribution in [0.2, 0.25) is 0 Å². The van der Waals surface area contributed by atoms with E-state index in [1.54, 1.807) is 0 Å². The maximum Gasteiger partial charge on any atom is 0.392 e. The van der Waals surface area contributed by atoms with Gasteiger partial charge in [-0.15, -0.1) is 0 Å². The smallest absolute Gasteiger partial charge is 0.378 e. The first kappa shape index (κ1) is 24.7. The van der Waals surface area contributed by atoms with Crippen molar-refractivity contribution in [1.29, 1.82) is 0 Å². The molecule has 0 aromatic heterocycles. The zero-order valence-electron chi connectivity index (χ0n) is 19.2. The topological polar surface area (TPSA) is 63.9 Å². The van der Waals surface area contributed by atoms with Gasteiger partial charge in [0, 0.05) is 18.5 Å². The van der Waals surface area contributed by atoms with Crippen LogP contribution in [-0.2, 0) is 0 Å². The predicted molar refractivity (Wildman–Crippen MR) is 116 cm³/mol. The Bertz CT molecular complexity index is 593. The van der Waals surface area contributed by atoms with Crippen LogP contribution in [0.5, 0.6) is 0 Å². The highest BCUT2D eigenvalue weighted by atomic mass is 19.4. The minimum absolute atomic E-state index is 0.0487. The number of alkyl halides is 3. The third-order valence-electron chi connectivity index (χ3n) is 9.39. The van der Waals surface area contributed by atoms with Gasteiger partial charge in [0.2, 0.25) is 0 Å². The van der Waals surface area contributed by atoms with E-state index in [-0.39, 0.29) is 24.3 Å². The average Bonchev–Trinajstić information content (AvgIpc) is 2.76. The summed E-state index contributed by atoms with van der Waals surface area (Å²) in [5.74, 6) is -0.618. The highest BCUT2D eigenvalue weighted by Gasteiger charge is 2.49. The minimum Gasteiger partial charge on any atom is -0.378 e. The second-order valence-corrected chi connectivity index (χ2v) is 11.3. The molecule has 4 nitrogen and oxygen atoms in total. The molecule has 0 aromatic rings. The molecule has 6 atom stereocenters. The summed E-state index contributed by atoms with van der Waals surface area (Å²) in [7, 11) is 0. The van der Waals surface area contributed by atoms with E-state index >= 15 is 0 Å². The van der Waals surface area contributed by atoms with Crippen molar-refractivity contribution < 1.29 is 28.5 Å². The van der Waals surface area contributed by atoms with Gasteiger partial charge in [0.1, 0.15) is 6.23 Å². The number of aliphatic hydroxyl groups excluding tert-OH is 2. The van der Waals surface area contributed by atoms with Crippen molar-refractivity contribution in [2.75, 3.05) is 6.54 Å². The molecule has 0 amide bonds. The molecule has 1 aliphatic heterocycles. The van der Waals surface area contributed by atoms with Crippen molar-refractivity contribution in [3.63, 3.8) is 0 Å². The van der Waals surface area contributed by atoms with E-state index in [1.807, 2.05) is 0 Å². The fourth-order valence-electron chi connectivity index (χ4n) is 7.62. The highest BCUT2D eigenvalue weighted by molar-refractivity contribution is 4.95. The van der Waals surface area contributed by atoms with E-state index in [0.29, 0.717) is 31.2 Å². The van der Waals surface area contributed by atoms with Crippen molar-refractivity contribution in [2.45, 2.75) is 115 Å². The standard InChI is InChI=1S/C25H42F3NO3/c26-25(27,28)21-7-3-1-6-19(21)15-29-22-8-4-2-5-18(22)14-20(23(29)30)13-16-9-11-17(12-10-16)24(31)32/h16-24,30-32H,1-15H2. The van der Waals surface area contributed by atoms with Crippen molar-refractivity contribution >= 4 is 0 Å². The first-order valence-electron chi connectivity index (χ1n) is 13.1. The van der Waals surface area contributed by atoms with E-state index in [2.05, 4.69) is 4.90 Å². The fraction of sp³-hybridized carbons (Fsp3) is 1.00. The number of aliphatic hydroxyl groups is 3. The van der Waals surface area contributed by atoms with Gasteiger partial charge in [-0.1, -0.05) is 25.7 Å². The lowest BCUT2D eigenvalue weighted by Gasteiger charge is -2.52. The van der Waals surface area contributed by atoms with Gasteiger partial charge in [0.25, 0.3) is 0 Å². The fourth-order valence-corrected chi connectivity index (χ4v) is 7.62. The number of fused-ring (bicyclic) bond motifs is 1. The van der Waals surface area contributed by atoms with Crippen molar-refractivity contribution in [3.05, 3.63) is 0 Å². The van der Waals surface area contributed by atoms with Crippen LogP contribution < -0.4 is 0 Å². The molecular formula is C25H42F3NO3. The van der Waals surface area contributed by atoms with E-state index in [9.17, 15) is 28.5 Å². The predicted octanol–water partition coefficient (Wildman–Crippen LogP) is 5.06. The summed E-state index contributed by atoms with van der Waals surface area (Å²) in [5, 5.41) is 30.3. The molecule has 1 heterocycles. The summed E-state index contributed by atoms with van der Waals surface area (Å²) in [6.07, 6.45) is 6.12. The van der Waals surface area contributed by atoms with Crippen LogP contribution in [0.4, 0.5) is 13.2 Å². The van der Waals surface area contributed by atoms with E-state index in [0.717, 1.165) is 64.2 Å². The molecule has 1 saturated heterocycles. The summed E-state index contributed by atoms with van der Waals surface area (Å²) in [6, 6.07) is 0.228. The van der Waals surface area contributed by atoms with Crippen LogP contribution in [0.15, 0.2) is 0 Å². The molecule has 6 unspecified atom stereocenters. The van der Waals surface area contributed by atoms with Gasteiger partial charge in [-0.3, -0.25) is 4.90 Å². The van der Waals surface area contributed by atoms with Gasteiger partial charge in [-0.25, -0.2) is 0 Å². The van der Waals surface area contributed by atoms with E-state index in [1.165, 1.54) is 6.42 Å². The van der Waals surface area contributed by atoms with Crippen LogP contribution in [0.1, 0.15) is 89.9 Å². The molecule has 4 rings (SSSR count). The largest absolute Gasteiger partial charge is 0.392 e. The molecule has 0 spiro atoms. The Balaban J connectivity index is 1.44. The lowest BCUT2D eigenvalue weighted by molar-refractivity contribution is -0.206. The monoisotopic (exact) mass is 461 g/mol. The second kappa shape index (κ2) is 10.5. The molecule has 186 valence electrons. The number of halogens is 3. The molecule has 3 saturated carbocycles. The quantitative estimate of drug-likeness (QED) is 0.501. The molecule has 3 aliphatic carbocycles. The maximum atomic E-state index is 13.7. The summed E-state index contributed by atoms with van der Waals surface area (Å²) >= 11 is 0. The second-order valence-electron chi connectivity index (χ2n) is 11.3. The van der Waals surface area contributed by atoms with Gasteiger partial charge in [-0.05, 0) is 87.9 Å². The van der Waals surface area contributed by atoms with Crippen LogP contribution in [0, 0.1) is 35.5 Å². The Morgan fingerprint density at radius 1 is 0.812 bits per heavy atom. The molecule has 4 fully saturated rings. The highest BCUT2D eigenvalue weighted by Crippen LogP contribution is 2.47. The van der Waals surface area contributed by atoms with Crippen molar-refractivity contribution in [3.8, 4) is 0 Å². The summed E-state index contributed by atoms with van der Waals surface area (Å²) in [4.78, 5) is 2.11. The Kier molecular flexibility index (Phi) is 8.11. The number of hydrogen-bond acceptors (Lipinski definition) is 4. The van der Waals surface area contributed by atoms with Crippen molar-refractivity contribution in [2.24, 2.45) is 35.5 Å². The van der Waals surface area contributed by atoms with Gasteiger partial charge < -0.3 is 15.3 Å². The molecular weight excluding hydrogens is 419 g/mol. The molecule has 3 N–H and O–H groups in total. The van der Waals surface area contributed by atoms with Crippen LogP contribution in [0.25, 0.3) is 0 Å². The van der Waals surface area contributed by atoms with Crippen LogP contribution >= 0.6 is 0 Å². The number of likely N-dealkylation sites (tertiary alicyclic amines) is 1. The van der Waals surface area contributed by atoms with Gasteiger partial charge in [-0.2, -0.15) is 13.2 Å². The van der Waals surface area contributed by atoms with Crippen LogP contribution in [0.3, 0.4) is 0 Å². The Labute approximate surface area is 190 Å². The van der Waals surface area contributed by atoms with Crippen molar-refractivity contribution in [1.82, 2.24) is 4.90 Å². The van der Waals surface area contributed by atoms with E-state index in [4.69, 9.17) is 0 Å². The van der Waals surface area contributed by atoms with Crippen LogP contribution in [-0.4, -0.2) is 51.5 Å². The van der Waals surface area contributed by atoms with Gasteiger partial charge >= 0.3 is 6.18 Å². The minimum atomic E-state index is -4.15. The van der Waals surface area contributed by atoms with Gasteiger partial charge in [0.15, 0.2) is 6.29 Å². The number of rotatable bonds is 5. The average molecular weight is 462 g/mol. The summed E-state index contributed by atoms with van der Waals surface area (Å²) in [5.41, 5.74) is 0. The number of hydrogen-bond donors (Lipinski definition) is 3. The molecule has 0 aromatic carbocycles. The molecule has 32 heavy (non-hydrogen) atoms.